The van der Waals surface area contributed by atoms with Crippen LogP contribution in [0.15, 0.2) is 82.2 Å². The number of carbonyl (C=O) groups is 1. The lowest BCUT2D eigenvalue weighted by molar-refractivity contribution is -0.139. The zero-order chi connectivity index (χ0) is 19.8. The smallest absolute Gasteiger partial charge is 0.331 e. The van der Waals surface area contributed by atoms with Gasteiger partial charge >= 0.3 is 5.97 Å². The van der Waals surface area contributed by atoms with Gasteiger partial charge in [0.25, 0.3) is 0 Å². The number of hydrogen-bond donors (Lipinski definition) is 0. The van der Waals surface area contributed by atoms with Crippen molar-refractivity contribution in [2.24, 2.45) is 0 Å². The van der Waals surface area contributed by atoms with Crippen molar-refractivity contribution in [3.05, 3.63) is 106 Å². The first-order valence-corrected chi connectivity index (χ1v) is 8.49. The molecule has 3 rings (SSSR count). The predicted octanol–water partition coefficient (Wildman–Crippen LogP) is 4.11. The van der Waals surface area contributed by atoms with E-state index in [2.05, 4.69) is 0 Å². The van der Waals surface area contributed by atoms with E-state index in [9.17, 15) is 14.0 Å². The summed E-state index contributed by atoms with van der Waals surface area (Å²) in [4.78, 5) is 23.8. The molecule has 0 aliphatic rings. The molecule has 0 aliphatic heterocycles. The fourth-order valence-corrected chi connectivity index (χ4v) is 2.32. The van der Waals surface area contributed by atoms with Crippen LogP contribution in [0.5, 0.6) is 5.75 Å². The predicted molar refractivity (Wildman–Crippen MR) is 101 cm³/mol. The standard InChI is InChI=1S/C22H17FO5/c23-18-8-4-7-16(11-18)9-10-22(25)28-14-19-12-20(24)21(15-26-19)27-13-17-5-2-1-3-6-17/h1-12,15H,13-14H2/b10-9+. The van der Waals surface area contributed by atoms with Crippen molar-refractivity contribution < 1.29 is 23.1 Å². The topological polar surface area (TPSA) is 65.7 Å². The maximum Gasteiger partial charge on any atom is 0.331 e. The van der Waals surface area contributed by atoms with Gasteiger partial charge in [0, 0.05) is 12.1 Å². The van der Waals surface area contributed by atoms with Crippen molar-refractivity contribution in [2.75, 3.05) is 0 Å². The summed E-state index contributed by atoms with van der Waals surface area (Å²) in [5, 5.41) is 0. The van der Waals surface area contributed by atoms with E-state index in [1.165, 1.54) is 42.7 Å². The zero-order valence-electron chi connectivity index (χ0n) is 14.8. The SMILES string of the molecule is O=C(/C=C/c1cccc(F)c1)OCc1cc(=O)c(OCc2ccccc2)co1. The molecule has 2 aromatic carbocycles. The summed E-state index contributed by atoms with van der Waals surface area (Å²) in [6, 6.07) is 16.4. The summed E-state index contributed by atoms with van der Waals surface area (Å²) in [5.74, 6) is -0.780. The molecule has 142 valence electrons. The van der Waals surface area contributed by atoms with E-state index in [0.29, 0.717) is 5.56 Å². The van der Waals surface area contributed by atoms with Crippen LogP contribution in [0, 0.1) is 5.82 Å². The van der Waals surface area contributed by atoms with Gasteiger partial charge in [0.1, 0.15) is 31.1 Å². The lowest BCUT2D eigenvalue weighted by atomic mass is 10.2. The molecule has 0 fully saturated rings. The Labute approximate surface area is 160 Å². The Bertz CT molecular complexity index is 1020. The van der Waals surface area contributed by atoms with Crippen molar-refractivity contribution >= 4 is 12.0 Å². The summed E-state index contributed by atoms with van der Waals surface area (Å²) in [6.07, 6.45) is 3.79. The van der Waals surface area contributed by atoms with Crippen LogP contribution < -0.4 is 10.2 Å². The minimum Gasteiger partial charge on any atom is -0.482 e. The fraction of sp³-hybridized carbons (Fsp3) is 0.0909. The third kappa shape index (κ3) is 5.67. The summed E-state index contributed by atoms with van der Waals surface area (Å²) in [7, 11) is 0. The van der Waals surface area contributed by atoms with Crippen LogP contribution in [0.1, 0.15) is 16.9 Å². The molecule has 28 heavy (non-hydrogen) atoms. The molecule has 0 saturated carbocycles. The monoisotopic (exact) mass is 380 g/mol. The normalized spacial score (nSPS) is 10.8. The van der Waals surface area contributed by atoms with Gasteiger partial charge < -0.3 is 13.9 Å². The van der Waals surface area contributed by atoms with Gasteiger partial charge in [0.15, 0.2) is 0 Å². The Hall–Kier alpha value is -3.67. The molecule has 0 amide bonds. The molecular formula is C22H17FO5. The van der Waals surface area contributed by atoms with E-state index in [-0.39, 0.29) is 30.2 Å². The number of rotatable bonds is 7. The molecule has 5 nitrogen and oxygen atoms in total. The lowest BCUT2D eigenvalue weighted by Crippen LogP contribution is -2.09. The van der Waals surface area contributed by atoms with Gasteiger partial charge in [-0.2, -0.15) is 0 Å². The molecular weight excluding hydrogens is 363 g/mol. The third-order valence-electron chi connectivity index (χ3n) is 3.71. The second-order valence-corrected chi connectivity index (χ2v) is 5.85. The molecule has 6 heteroatoms. The Morgan fingerprint density at radius 1 is 1.04 bits per heavy atom. The van der Waals surface area contributed by atoms with Crippen LogP contribution in [0.2, 0.25) is 0 Å². The number of hydrogen-bond acceptors (Lipinski definition) is 5. The van der Waals surface area contributed by atoms with Crippen molar-refractivity contribution in [1.82, 2.24) is 0 Å². The molecule has 0 spiro atoms. The molecule has 0 atom stereocenters. The fourth-order valence-electron chi connectivity index (χ4n) is 2.32. The number of ether oxygens (including phenoxy) is 2. The molecule has 0 saturated heterocycles. The molecule has 0 N–H and O–H groups in total. The highest BCUT2D eigenvalue weighted by Gasteiger charge is 2.07. The first kappa shape index (κ1) is 19.1. The second kappa shape index (κ2) is 9.32. The number of carbonyl (C=O) groups excluding carboxylic acids is 1. The number of esters is 1. The molecule has 1 aromatic heterocycles. The minimum atomic E-state index is -0.642. The highest BCUT2D eigenvalue weighted by atomic mass is 19.1. The van der Waals surface area contributed by atoms with Crippen molar-refractivity contribution in [1.29, 1.82) is 0 Å². The maximum atomic E-state index is 13.1. The van der Waals surface area contributed by atoms with E-state index in [4.69, 9.17) is 13.9 Å². The first-order chi connectivity index (χ1) is 13.6. The van der Waals surface area contributed by atoms with Crippen LogP contribution in [-0.4, -0.2) is 5.97 Å². The van der Waals surface area contributed by atoms with E-state index in [1.807, 2.05) is 30.3 Å². The van der Waals surface area contributed by atoms with Crippen molar-refractivity contribution in [2.45, 2.75) is 13.2 Å². The van der Waals surface area contributed by atoms with Gasteiger partial charge in [-0.25, -0.2) is 9.18 Å². The second-order valence-electron chi connectivity index (χ2n) is 5.85. The van der Waals surface area contributed by atoms with Gasteiger partial charge in [-0.15, -0.1) is 0 Å². The van der Waals surface area contributed by atoms with E-state index in [1.54, 1.807) is 6.07 Å². The van der Waals surface area contributed by atoms with Crippen molar-refractivity contribution in [3.63, 3.8) is 0 Å². The first-order valence-electron chi connectivity index (χ1n) is 8.49. The van der Waals surface area contributed by atoms with Gasteiger partial charge in [-0.05, 0) is 29.3 Å². The zero-order valence-corrected chi connectivity index (χ0v) is 14.8. The summed E-state index contributed by atoms with van der Waals surface area (Å²) in [6.45, 7) is 0.0331. The lowest BCUT2D eigenvalue weighted by Gasteiger charge is -2.06. The minimum absolute atomic E-state index is 0.0740. The van der Waals surface area contributed by atoms with E-state index in [0.717, 1.165) is 5.56 Å². The number of benzene rings is 2. The molecule has 0 bridgehead atoms. The van der Waals surface area contributed by atoms with Crippen LogP contribution >= 0.6 is 0 Å². The Balaban J connectivity index is 1.52. The quantitative estimate of drug-likeness (QED) is 0.456. The summed E-state index contributed by atoms with van der Waals surface area (Å²) < 4.78 is 28.8. The number of halogens is 1. The highest BCUT2D eigenvalue weighted by molar-refractivity contribution is 5.86. The molecule has 0 radical (unpaired) electrons. The van der Waals surface area contributed by atoms with Crippen LogP contribution in [0.25, 0.3) is 6.08 Å². The van der Waals surface area contributed by atoms with Gasteiger partial charge in [-0.3, -0.25) is 4.79 Å². The third-order valence-corrected chi connectivity index (χ3v) is 3.71. The van der Waals surface area contributed by atoms with Gasteiger partial charge in [0.05, 0.1) is 0 Å². The molecule has 0 unspecified atom stereocenters. The highest BCUT2D eigenvalue weighted by Crippen LogP contribution is 2.10. The molecule has 1 heterocycles. The Morgan fingerprint density at radius 3 is 2.61 bits per heavy atom. The Morgan fingerprint density at radius 2 is 1.86 bits per heavy atom. The summed E-state index contributed by atoms with van der Waals surface area (Å²) >= 11 is 0. The van der Waals surface area contributed by atoms with Crippen LogP contribution in [0.4, 0.5) is 4.39 Å². The average Bonchev–Trinajstić information content (AvgIpc) is 2.71. The van der Waals surface area contributed by atoms with Gasteiger partial charge in [0.2, 0.25) is 11.2 Å². The maximum absolute atomic E-state index is 13.1. The molecule has 3 aromatic rings. The van der Waals surface area contributed by atoms with Crippen LogP contribution in [0.3, 0.4) is 0 Å². The van der Waals surface area contributed by atoms with Gasteiger partial charge in [-0.1, -0.05) is 42.5 Å². The largest absolute Gasteiger partial charge is 0.482 e. The van der Waals surface area contributed by atoms with Crippen molar-refractivity contribution in [3.8, 4) is 5.75 Å². The Kier molecular flexibility index (Phi) is 6.36. The van der Waals surface area contributed by atoms with E-state index < -0.39 is 11.8 Å². The average molecular weight is 380 g/mol. The van der Waals surface area contributed by atoms with E-state index >= 15 is 0 Å². The summed E-state index contributed by atoms with van der Waals surface area (Å²) in [5.41, 5.74) is 1.08. The van der Waals surface area contributed by atoms with Crippen LogP contribution in [-0.2, 0) is 22.7 Å². The molecule has 0 aliphatic carbocycles.